The van der Waals surface area contributed by atoms with Crippen molar-refractivity contribution >= 4 is 11.8 Å². The van der Waals surface area contributed by atoms with Crippen LogP contribution in [0.3, 0.4) is 0 Å². The number of carbonyl (C=O) groups excluding carboxylic acids is 2. The summed E-state index contributed by atoms with van der Waals surface area (Å²) in [6, 6.07) is 15.2. The van der Waals surface area contributed by atoms with Crippen LogP contribution in [0, 0.1) is 0 Å². The minimum Gasteiger partial charge on any atom is -0.454 e. The Morgan fingerprint density at radius 2 is 1.81 bits per heavy atom. The number of ether oxygens (including phenoxy) is 2. The zero-order valence-corrected chi connectivity index (χ0v) is 14.7. The Kier molecular flexibility index (Phi) is 5.73. The lowest BCUT2D eigenvalue weighted by Crippen LogP contribution is -2.37. The summed E-state index contributed by atoms with van der Waals surface area (Å²) in [6.07, 6.45) is 0.336. The van der Waals surface area contributed by atoms with Crippen molar-refractivity contribution < 1.29 is 19.1 Å². The summed E-state index contributed by atoms with van der Waals surface area (Å²) in [5.41, 5.74) is 1.92. The predicted octanol–water partition coefficient (Wildman–Crippen LogP) is 2.12. The average Bonchev–Trinajstić information content (AvgIpc) is 3.09. The monoisotopic (exact) mass is 354 g/mol. The smallest absolute Gasteiger partial charge is 0.231 e. The van der Waals surface area contributed by atoms with E-state index in [1.54, 1.807) is 4.90 Å². The van der Waals surface area contributed by atoms with E-state index in [0.717, 1.165) is 16.9 Å². The van der Waals surface area contributed by atoms with Gasteiger partial charge in [0, 0.05) is 26.6 Å². The summed E-state index contributed by atoms with van der Waals surface area (Å²) in [5.74, 6) is 1.32. The van der Waals surface area contributed by atoms with E-state index in [1.165, 1.54) is 6.92 Å². The molecule has 1 aliphatic heterocycles. The first kappa shape index (κ1) is 17.8. The molecule has 1 aliphatic rings. The van der Waals surface area contributed by atoms with Gasteiger partial charge in [-0.2, -0.15) is 0 Å². The molecule has 0 aliphatic carbocycles. The second-order valence-electron chi connectivity index (χ2n) is 6.14. The number of hydrogen-bond donors (Lipinski definition) is 1. The fraction of sp³-hybridized carbons (Fsp3) is 0.300. The van der Waals surface area contributed by atoms with Crippen LogP contribution in [0.1, 0.15) is 18.1 Å². The van der Waals surface area contributed by atoms with Gasteiger partial charge in [-0.05, 0) is 23.3 Å². The zero-order chi connectivity index (χ0) is 18.4. The van der Waals surface area contributed by atoms with Gasteiger partial charge < -0.3 is 19.7 Å². The van der Waals surface area contributed by atoms with Crippen molar-refractivity contribution in [3.05, 3.63) is 59.7 Å². The molecule has 0 radical (unpaired) electrons. The number of rotatable bonds is 7. The first-order valence-electron chi connectivity index (χ1n) is 8.56. The van der Waals surface area contributed by atoms with E-state index in [9.17, 15) is 9.59 Å². The van der Waals surface area contributed by atoms with Crippen LogP contribution in [0.25, 0.3) is 0 Å². The van der Waals surface area contributed by atoms with Crippen LogP contribution in [0.5, 0.6) is 11.5 Å². The Hall–Kier alpha value is -3.02. The van der Waals surface area contributed by atoms with E-state index in [1.807, 2.05) is 48.5 Å². The fourth-order valence-corrected chi connectivity index (χ4v) is 2.78. The lowest BCUT2D eigenvalue weighted by Gasteiger charge is -2.21. The highest BCUT2D eigenvalue weighted by molar-refractivity contribution is 5.78. The molecule has 26 heavy (non-hydrogen) atoms. The van der Waals surface area contributed by atoms with E-state index in [-0.39, 0.29) is 18.6 Å². The van der Waals surface area contributed by atoms with Crippen LogP contribution in [0.4, 0.5) is 0 Å². The van der Waals surface area contributed by atoms with Crippen LogP contribution in [0.2, 0.25) is 0 Å². The molecular weight excluding hydrogens is 332 g/mol. The number of hydrogen-bond acceptors (Lipinski definition) is 4. The molecule has 136 valence electrons. The quantitative estimate of drug-likeness (QED) is 0.827. The van der Waals surface area contributed by atoms with Gasteiger partial charge in [0.05, 0.1) is 6.42 Å². The van der Waals surface area contributed by atoms with Crippen LogP contribution in [-0.2, 0) is 22.6 Å². The average molecular weight is 354 g/mol. The minimum atomic E-state index is -0.0530. The number of benzene rings is 2. The van der Waals surface area contributed by atoms with Crippen molar-refractivity contribution in [2.75, 3.05) is 19.9 Å². The van der Waals surface area contributed by atoms with Crippen molar-refractivity contribution in [1.82, 2.24) is 10.2 Å². The number of nitrogens with zero attached hydrogens (tertiary/aromatic N) is 1. The molecule has 2 aromatic carbocycles. The molecule has 0 aromatic heterocycles. The summed E-state index contributed by atoms with van der Waals surface area (Å²) in [7, 11) is 0. The molecule has 0 bridgehead atoms. The lowest BCUT2D eigenvalue weighted by atomic mass is 10.1. The standard InChI is InChI=1S/C20H22N2O4/c1-15(23)22(13-17-7-8-18-19(11-17)26-14-25-18)10-9-21-20(24)12-16-5-3-2-4-6-16/h2-8,11H,9-10,12-14H2,1H3,(H,21,24). The van der Waals surface area contributed by atoms with E-state index in [0.29, 0.717) is 31.8 Å². The number of nitrogens with one attached hydrogen (secondary N) is 1. The highest BCUT2D eigenvalue weighted by Gasteiger charge is 2.16. The molecule has 1 N–H and O–H groups in total. The highest BCUT2D eigenvalue weighted by atomic mass is 16.7. The fourth-order valence-electron chi connectivity index (χ4n) is 2.78. The maximum Gasteiger partial charge on any atom is 0.231 e. The first-order chi connectivity index (χ1) is 12.6. The number of carbonyl (C=O) groups is 2. The summed E-state index contributed by atoms with van der Waals surface area (Å²) < 4.78 is 10.7. The van der Waals surface area contributed by atoms with Gasteiger partial charge in [-0.15, -0.1) is 0 Å². The van der Waals surface area contributed by atoms with E-state index < -0.39 is 0 Å². The molecule has 3 rings (SSSR count). The summed E-state index contributed by atoms with van der Waals surface area (Å²) in [6.45, 7) is 3.07. The Morgan fingerprint density at radius 1 is 1.04 bits per heavy atom. The molecule has 6 heteroatoms. The van der Waals surface area contributed by atoms with Gasteiger partial charge in [0.1, 0.15) is 0 Å². The molecule has 0 spiro atoms. The van der Waals surface area contributed by atoms with Crippen molar-refractivity contribution in [3.8, 4) is 11.5 Å². The molecule has 0 unspecified atom stereocenters. The minimum absolute atomic E-state index is 0.0417. The van der Waals surface area contributed by atoms with Crippen LogP contribution < -0.4 is 14.8 Å². The maximum absolute atomic E-state index is 12.0. The lowest BCUT2D eigenvalue weighted by molar-refractivity contribution is -0.130. The van der Waals surface area contributed by atoms with Gasteiger partial charge in [0.15, 0.2) is 11.5 Å². The Bertz CT molecular complexity index is 777. The SMILES string of the molecule is CC(=O)N(CCNC(=O)Cc1ccccc1)Cc1ccc2c(c1)OCO2. The first-order valence-corrected chi connectivity index (χ1v) is 8.56. The van der Waals surface area contributed by atoms with Crippen molar-refractivity contribution in [2.24, 2.45) is 0 Å². The van der Waals surface area contributed by atoms with E-state index in [2.05, 4.69) is 5.32 Å². The summed E-state index contributed by atoms with van der Waals surface area (Å²) >= 11 is 0. The van der Waals surface area contributed by atoms with E-state index >= 15 is 0 Å². The number of fused-ring (bicyclic) bond motifs is 1. The largest absolute Gasteiger partial charge is 0.454 e. The molecule has 2 amide bonds. The third-order valence-corrected chi connectivity index (χ3v) is 4.17. The van der Waals surface area contributed by atoms with Crippen LogP contribution >= 0.6 is 0 Å². The maximum atomic E-state index is 12.0. The molecule has 0 saturated heterocycles. The van der Waals surface area contributed by atoms with Crippen molar-refractivity contribution in [3.63, 3.8) is 0 Å². The second-order valence-corrected chi connectivity index (χ2v) is 6.14. The Morgan fingerprint density at radius 3 is 2.58 bits per heavy atom. The summed E-state index contributed by atoms with van der Waals surface area (Å²) in [4.78, 5) is 25.6. The van der Waals surface area contributed by atoms with Crippen LogP contribution in [0.15, 0.2) is 48.5 Å². The summed E-state index contributed by atoms with van der Waals surface area (Å²) in [5, 5.41) is 2.87. The molecule has 2 aromatic rings. The van der Waals surface area contributed by atoms with Gasteiger partial charge in [0.25, 0.3) is 0 Å². The van der Waals surface area contributed by atoms with Gasteiger partial charge in [-0.1, -0.05) is 36.4 Å². The molecule has 6 nitrogen and oxygen atoms in total. The van der Waals surface area contributed by atoms with Crippen molar-refractivity contribution in [2.45, 2.75) is 19.9 Å². The Labute approximate surface area is 152 Å². The van der Waals surface area contributed by atoms with E-state index in [4.69, 9.17) is 9.47 Å². The third-order valence-electron chi connectivity index (χ3n) is 4.17. The van der Waals surface area contributed by atoms with Gasteiger partial charge >= 0.3 is 0 Å². The van der Waals surface area contributed by atoms with Gasteiger partial charge in [-0.3, -0.25) is 9.59 Å². The molecule has 0 atom stereocenters. The van der Waals surface area contributed by atoms with Crippen molar-refractivity contribution in [1.29, 1.82) is 0 Å². The Balaban J connectivity index is 1.49. The molecule has 0 fully saturated rings. The molecule has 0 saturated carbocycles. The highest BCUT2D eigenvalue weighted by Crippen LogP contribution is 2.32. The predicted molar refractivity (Wildman–Crippen MR) is 96.8 cm³/mol. The third kappa shape index (κ3) is 4.75. The topological polar surface area (TPSA) is 67.9 Å². The normalized spacial score (nSPS) is 11.9. The van der Waals surface area contributed by atoms with Crippen LogP contribution in [-0.4, -0.2) is 36.6 Å². The van der Waals surface area contributed by atoms with Gasteiger partial charge in [-0.25, -0.2) is 0 Å². The number of amides is 2. The van der Waals surface area contributed by atoms with Gasteiger partial charge in [0.2, 0.25) is 18.6 Å². The zero-order valence-electron chi connectivity index (χ0n) is 14.7. The molecular formula is C20H22N2O4. The molecule has 1 heterocycles. The second kappa shape index (κ2) is 8.38.